The van der Waals surface area contributed by atoms with Crippen LogP contribution >= 0.6 is 34.5 Å². The van der Waals surface area contributed by atoms with Crippen LogP contribution in [0.4, 0.5) is 0 Å². The van der Waals surface area contributed by atoms with Crippen LogP contribution in [0.2, 0.25) is 10.0 Å². The third-order valence-electron chi connectivity index (χ3n) is 4.10. The molecule has 0 saturated heterocycles. The third-order valence-corrected chi connectivity index (χ3v) is 5.52. The Balaban J connectivity index is 2.05. The number of thiazole rings is 1. The zero-order chi connectivity index (χ0) is 18.8. The molecule has 3 rings (SSSR count). The number of nitrogens with two attached hydrogens (primary N) is 1. The van der Waals surface area contributed by atoms with E-state index in [4.69, 9.17) is 34.0 Å². The Morgan fingerprint density at radius 2 is 2.12 bits per heavy atom. The summed E-state index contributed by atoms with van der Waals surface area (Å²) in [7, 11) is 0. The maximum atomic E-state index is 11.7. The van der Waals surface area contributed by atoms with Gasteiger partial charge in [-0.3, -0.25) is 4.79 Å². The fourth-order valence-electron chi connectivity index (χ4n) is 2.80. The minimum Gasteiger partial charge on any atom is -0.396 e. The summed E-state index contributed by atoms with van der Waals surface area (Å²) < 4.78 is 1.96. The fraction of sp³-hybridized carbons (Fsp3) is 0.222. The van der Waals surface area contributed by atoms with Crippen LogP contribution in [-0.4, -0.2) is 27.2 Å². The molecule has 0 spiro atoms. The molecule has 2 aromatic heterocycles. The van der Waals surface area contributed by atoms with Crippen LogP contribution in [0.25, 0.3) is 22.0 Å². The molecule has 3 N–H and O–H groups in total. The van der Waals surface area contributed by atoms with Crippen molar-refractivity contribution in [3.05, 3.63) is 50.9 Å². The lowest BCUT2D eigenvalue weighted by Crippen LogP contribution is -2.12. The molecule has 0 radical (unpaired) electrons. The lowest BCUT2D eigenvalue weighted by molar-refractivity contribution is 0.0999. The number of aliphatic hydroxyl groups is 1. The Bertz CT molecular complexity index is 965. The number of amides is 1. The third kappa shape index (κ3) is 3.64. The van der Waals surface area contributed by atoms with Gasteiger partial charge in [-0.15, -0.1) is 11.3 Å². The zero-order valence-electron chi connectivity index (χ0n) is 14.0. The molecule has 136 valence electrons. The number of hydrogen-bond acceptors (Lipinski definition) is 4. The number of aromatic nitrogens is 2. The molecule has 5 nitrogen and oxygen atoms in total. The van der Waals surface area contributed by atoms with Gasteiger partial charge in [0.1, 0.15) is 5.01 Å². The van der Waals surface area contributed by atoms with Gasteiger partial charge in [-0.05, 0) is 37.6 Å². The molecule has 0 bridgehead atoms. The van der Waals surface area contributed by atoms with E-state index in [1.807, 2.05) is 22.9 Å². The molecule has 26 heavy (non-hydrogen) atoms. The monoisotopic (exact) mass is 409 g/mol. The van der Waals surface area contributed by atoms with E-state index in [2.05, 4.69) is 4.98 Å². The number of halogens is 2. The first-order chi connectivity index (χ1) is 12.4. The van der Waals surface area contributed by atoms with Crippen LogP contribution in [-0.2, 0) is 6.54 Å². The van der Waals surface area contributed by atoms with Crippen LogP contribution < -0.4 is 5.73 Å². The largest absolute Gasteiger partial charge is 0.396 e. The Morgan fingerprint density at radius 1 is 1.35 bits per heavy atom. The van der Waals surface area contributed by atoms with Gasteiger partial charge >= 0.3 is 0 Å². The summed E-state index contributed by atoms with van der Waals surface area (Å²) in [5.41, 5.74) is 9.02. The Hall–Kier alpha value is -1.86. The minimum absolute atomic E-state index is 0.0612. The molecular weight excluding hydrogens is 393 g/mol. The van der Waals surface area contributed by atoms with Crippen molar-refractivity contribution in [3.8, 4) is 22.0 Å². The van der Waals surface area contributed by atoms with Gasteiger partial charge in [0.25, 0.3) is 5.91 Å². The van der Waals surface area contributed by atoms with E-state index in [9.17, 15) is 4.79 Å². The molecule has 3 aromatic rings. The van der Waals surface area contributed by atoms with Gasteiger partial charge in [0.15, 0.2) is 0 Å². The highest BCUT2D eigenvalue weighted by atomic mass is 35.5. The lowest BCUT2D eigenvalue weighted by atomic mass is 10.2. The second-order valence-electron chi connectivity index (χ2n) is 5.78. The van der Waals surface area contributed by atoms with Gasteiger partial charge in [-0.1, -0.05) is 23.2 Å². The fourth-order valence-corrected chi connectivity index (χ4v) is 4.21. The normalized spacial score (nSPS) is 11.1. The highest BCUT2D eigenvalue weighted by molar-refractivity contribution is 7.13. The van der Waals surface area contributed by atoms with Crippen molar-refractivity contribution in [2.75, 3.05) is 6.61 Å². The number of hydrogen-bond donors (Lipinski definition) is 2. The van der Waals surface area contributed by atoms with Crippen molar-refractivity contribution >= 4 is 40.4 Å². The maximum Gasteiger partial charge on any atom is 0.250 e. The Labute approximate surface area is 165 Å². The molecule has 0 fully saturated rings. The Kier molecular flexibility index (Phi) is 5.67. The van der Waals surface area contributed by atoms with Crippen molar-refractivity contribution in [2.24, 2.45) is 5.73 Å². The van der Waals surface area contributed by atoms with E-state index < -0.39 is 5.91 Å². The van der Waals surface area contributed by atoms with E-state index in [0.717, 1.165) is 27.7 Å². The zero-order valence-corrected chi connectivity index (χ0v) is 16.3. The number of primary amides is 1. The van der Waals surface area contributed by atoms with Gasteiger partial charge in [-0.25, -0.2) is 4.98 Å². The summed E-state index contributed by atoms with van der Waals surface area (Å²) >= 11 is 13.7. The lowest BCUT2D eigenvalue weighted by Gasteiger charge is -2.09. The minimum atomic E-state index is -0.484. The van der Waals surface area contributed by atoms with Crippen LogP contribution in [0.3, 0.4) is 0 Å². The molecule has 1 aromatic carbocycles. The van der Waals surface area contributed by atoms with E-state index in [1.54, 1.807) is 18.2 Å². The van der Waals surface area contributed by atoms with Crippen LogP contribution in [0.1, 0.15) is 22.5 Å². The van der Waals surface area contributed by atoms with Gasteiger partial charge < -0.3 is 15.4 Å². The molecule has 0 aliphatic heterocycles. The summed E-state index contributed by atoms with van der Waals surface area (Å²) in [6.07, 6.45) is 0.570. The molecule has 0 aliphatic carbocycles. The molecule has 0 atom stereocenters. The summed E-state index contributed by atoms with van der Waals surface area (Å²) in [6, 6.07) is 7.03. The van der Waals surface area contributed by atoms with Crippen molar-refractivity contribution in [2.45, 2.75) is 19.9 Å². The number of aliphatic hydroxyl groups excluding tert-OH is 1. The molecule has 2 heterocycles. The highest BCUT2D eigenvalue weighted by Gasteiger charge is 2.19. The van der Waals surface area contributed by atoms with Gasteiger partial charge in [0.05, 0.1) is 22.0 Å². The van der Waals surface area contributed by atoms with E-state index >= 15 is 0 Å². The number of benzene rings is 1. The SMILES string of the molecule is Cc1c(C(N)=O)cc(-c2csc(-c3ccc(Cl)cc3Cl)n2)n1CCCO. The molecular formula is C18H17Cl2N3O2S. The predicted octanol–water partition coefficient (Wildman–Crippen LogP) is 4.38. The summed E-state index contributed by atoms with van der Waals surface area (Å²) in [5.74, 6) is -0.484. The van der Waals surface area contributed by atoms with Gasteiger partial charge in [0, 0.05) is 34.8 Å². The average Bonchev–Trinajstić information content (AvgIpc) is 3.18. The number of carbonyl (C=O) groups excluding carboxylic acids is 1. The standard InChI is InChI=1S/C18H17Cl2N3O2S/c1-10-13(17(21)25)8-16(23(10)5-2-6-24)15-9-26-18(22-15)12-4-3-11(19)7-14(12)20/h3-4,7-9,24H,2,5-6H2,1H3,(H2,21,25). The molecule has 0 saturated carbocycles. The molecule has 0 aliphatic rings. The predicted molar refractivity (Wildman–Crippen MR) is 106 cm³/mol. The van der Waals surface area contributed by atoms with E-state index in [-0.39, 0.29) is 6.61 Å². The number of rotatable bonds is 6. The highest BCUT2D eigenvalue weighted by Crippen LogP contribution is 2.35. The van der Waals surface area contributed by atoms with Crippen LogP contribution in [0.15, 0.2) is 29.6 Å². The molecule has 8 heteroatoms. The van der Waals surface area contributed by atoms with Crippen molar-refractivity contribution < 1.29 is 9.90 Å². The first-order valence-electron chi connectivity index (χ1n) is 7.94. The first kappa shape index (κ1) is 18.9. The summed E-state index contributed by atoms with van der Waals surface area (Å²) in [4.78, 5) is 16.4. The van der Waals surface area contributed by atoms with E-state index in [0.29, 0.717) is 28.6 Å². The van der Waals surface area contributed by atoms with Crippen LogP contribution in [0, 0.1) is 6.92 Å². The average molecular weight is 410 g/mol. The van der Waals surface area contributed by atoms with E-state index in [1.165, 1.54) is 11.3 Å². The first-order valence-corrected chi connectivity index (χ1v) is 9.58. The smallest absolute Gasteiger partial charge is 0.250 e. The number of nitrogens with zero attached hydrogens (tertiary/aromatic N) is 2. The van der Waals surface area contributed by atoms with Crippen molar-refractivity contribution in [1.29, 1.82) is 0 Å². The van der Waals surface area contributed by atoms with Gasteiger partial charge in [0.2, 0.25) is 0 Å². The van der Waals surface area contributed by atoms with Gasteiger partial charge in [-0.2, -0.15) is 0 Å². The summed E-state index contributed by atoms with van der Waals surface area (Å²) in [5, 5.41) is 12.9. The summed E-state index contributed by atoms with van der Waals surface area (Å²) in [6.45, 7) is 2.47. The van der Waals surface area contributed by atoms with Crippen molar-refractivity contribution in [3.63, 3.8) is 0 Å². The number of carbonyl (C=O) groups is 1. The quantitative estimate of drug-likeness (QED) is 0.633. The second kappa shape index (κ2) is 7.80. The van der Waals surface area contributed by atoms with Crippen molar-refractivity contribution in [1.82, 2.24) is 9.55 Å². The maximum absolute atomic E-state index is 11.7. The second-order valence-corrected chi connectivity index (χ2v) is 7.49. The Morgan fingerprint density at radius 3 is 2.77 bits per heavy atom. The van der Waals surface area contributed by atoms with Crippen LogP contribution in [0.5, 0.6) is 0 Å². The molecule has 1 amide bonds. The topological polar surface area (TPSA) is 81.1 Å². The molecule has 0 unspecified atom stereocenters.